The summed E-state index contributed by atoms with van der Waals surface area (Å²) in [5.74, 6) is 0. The molecule has 0 atom stereocenters. The fourth-order valence-electron chi connectivity index (χ4n) is 0. The van der Waals surface area contributed by atoms with Gasteiger partial charge in [-0.3, -0.25) is 10.1 Å². The molecular weight excluding hydrogens is 121 g/mol. The van der Waals surface area contributed by atoms with E-state index in [1.54, 1.807) is 13.8 Å². The van der Waals surface area contributed by atoms with Crippen molar-refractivity contribution in [2.45, 2.75) is 19.9 Å². The average molecular weight is 128 g/mol. The van der Waals surface area contributed by atoms with E-state index in [0.29, 0.717) is 0 Å². The van der Waals surface area contributed by atoms with Gasteiger partial charge in [0.15, 0.2) is 0 Å². The second-order valence-electron chi connectivity index (χ2n) is 1.38. The van der Waals surface area contributed by atoms with Gasteiger partial charge in [0, 0.05) is 18.8 Å². The molecule has 0 aliphatic rings. The maximum Gasteiger partial charge on any atom is 1.00 e. The molecule has 0 fully saturated rings. The van der Waals surface area contributed by atoms with Crippen molar-refractivity contribution in [3.8, 4) is 0 Å². The van der Waals surface area contributed by atoms with Crippen LogP contribution >= 0.6 is 0 Å². The van der Waals surface area contributed by atoms with E-state index in [1.807, 2.05) is 0 Å². The van der Waals surface area contributed by atoms with Crippen LogP contribution in [0.1, 0.15) is 13.8 Å². The maximum atomic E-state index is 9.50. The van der Waals surface area contributed by atoms with Gasteiger partial charge in [-0.25, -0.2) is 0 Å². The van der Waals surface area contributed by atoms with Crippen LogP contribution in [0.5, 0.6) is 0 Å². The second-order valence-corrected chi connectivity index (χ2v) is 1.38. The molecule has 0 N–H and O–H groups in total. The smallest absolute Gasteiger partial charge is 0.264 e. The summed E-state index contributed by atoms with van der Waals surface area (Å²) in [6.45, 7) is 3.08. The van der Waals surface area contributed by atoms with E-state index in [-0.39, 0.29) is 56.3 Å². The predicted octanol–water partition coefficient (Wildman–Crippen LogP) is -2.32. The van der Waals surface area contributed by atoms with Gasteiger partial charge in [0.05, 0.1) is 0 Å². The predicted molar refractivity (Wildman–Crippen MR) is 22.1 cm³/mol. The molecule has 36 valence electrons. The molecule has 3 nitrogen and oxygen atoms in total. The first-order valence-corrected chi connectivity index (χ1v) is 1.78. The molecule has 0 bridgehead atoms. The summed E-state index contributed by atoms with van der Waals surface area (Å²) >= 11 is 0. The van der Waals surface area contributed by atoms with Crippen LogP contribution in [0.4, 0.5) is 0 Å². The minimum atomic E-state index is -0.426. The molecule has 0 heterocycles. The van der Waals surface area contributed by atoms with E-state index in [0.717, 1.165) is 0 Å². The van der Waals surface area contributed by atoms with Gasteiger partial charge in [0.25, 0.3) is 0 Å². The van der Waals surface area contributed by atoms with E-state index < -0.39 is 6.04 Å². The summed E-state index contributed by atoms with van der Waals surface area (Å²) in [7, 11) is 0. The van der Waals surface area contributed by atoms with Gasteiger partial charge in [0.1, 0.15) is 0 Å². The summed E-state index contributed by atoms with van der Waals surface area (Å²) in [6, 6.07) is -0.426. The largest absolute Gasteiger partial charge is 1.00 e. The molecule has 0 saturated heterocycles. The molecule has 0 aliphatic carbocycles. The van der Waals surface area contributed by atoms with Crippen LogP contribution in [0.2, 0.25) is 0 Å². The quantitative estimate of drug-likeness (QED) is 0.226. The van der Waals surface area contributed by atoms with Gasteiger partial charge in [-0.1, -0.05) is 0 Å². The van der Waals surface area contributed by atoms with Gasteiger partial charge in [-0.05, 0) is 0 Å². The van der Waals surface area contributed by atoms with Crippen LogP contribution in [0.15, 0.2) is 0 Å². The zero-order chi connectivity index (χ0) is 5.15. The van der Waals surface area contributed by atoms with Crippen molar-refractivity contribution in [3.63, 3.8) is 0 Å². The summed E-state index contributed by atoms with van der Waals surface area (Å²) in [4.78, 5) is 9.17. The minimum Gasteiger partial charge on any atom is -0.264 e. The monoisotopic (exact) mass is 128 g/mol. The molecule has 0 rings (SSSR count). The van der Waals surface area contributed by atoms with Gasteiger partial charge >= 0.3 is 51.4 Å². The molecule has 0 aliphatic heterocycles. The van der Waals surface area contributed by atoms with Crippen molar-refractivity contribution < 1.29 is 56.3 Å². The molecule has 0 saturated carbocycles. The molecule has 0 aromatic rings. The molecule has 7 heavy (non-hydrogen) atoms. The van der Waals surface area contributed by atoms with E-state index in [1.165, 1.54) is 0 Å². The summed E-state index contributed by atoms with van der Waals surface area (Å²) < 4.78 is 0. The first-order valence-electron chi connectivity index (χ1n) is 1.78. The Hall–Kier alpha value is 1.04. The Morgan fingerprint density at radius 1 is 1.57 bits per heavy atom. The van der Waals surface area contributed by atoms with E-state index in [2.05, 4.69) is 0 Å². The zero-order valence-corrected chi connectivity index (χ0v) is 7.96. The Labute approximate surface area is 85.0 Å². The Bertz CT molecular complexity index is 64.0. The van der Waals surface area contributed by atoms with Gasteiger partial charge in [0.2, 0.25) is 6.04 Å². The van der Waals surface area contributed by atoms with Crippen molar-refractivity contribution in [2.75, 3.05) is 0 Å². The molecule has 0 radical (unpaired) electrons. The number of hydrogen-bond acceptors (Lipinski definition) is 2. The molecule has 0 aromatic carbocycles. The summed E-state index contributed by atoms with van der Waals surface area (Å²) in [6.07, 6.45) is 0. The number of rotatable bonds is 1. The maximum absolute atomic E-state index is 9.50. The van der Waals surface area contributed by atoms with Crippen LogP contribution < -0.4 is 51.4 Å². The molecule has 0 amide bonds. The van der Waals surface area contributed by atoms with Crippen LogP contribution in [0, 0.1) is 10.1 Å². The van der Waals surface area contributed by atoms with Crippen LogP contribution in [0.3, 0.4) is 0 Å². The Morgan fingerprint density at radius 3 is 1.71 bits per heavy atom. The first kappa shape index (κ1) is 10.9. The van der Waals surface area contributed by atoms with E-state index in [4.69, 9.17) is 0 Å². The number of nitrogens with zero attached hydrogens (tertiary/aromatic N) is 1. The van der Waals surface area contributed by atoms with Crippen molar-refractivity contribution in [3.05, 3.63) is 10.1 Å². The van der Waals surface area contributed by atoms with Gasteiger partial charge in [-0.2, -0.15) is 0 Å². The van der Waals surface area contributed by atoms with Crippen molar-refractivity contribution in [2.24, 2.45) is 0 Å². The second kappa shape index (κ2) is 5.18. The van der Waals surface area contributed by atoms with Crippen LogP contribution in [0.25, 0.3) is 0 Å². The summed E-state index contributed by atoms with van der Waals surface area (Å²) in [5.41, 5.74) is 0. The number of nitro groups is 1. The third-order valence-corrected chi connectivity index (χ3v) is 0.422. The molecule has 0 unspecified atom stereocenters. The van der Waals surface area contributed by atoms with E-state index in [9.17, 15) is 10.1 Å². The third kappa shape index (κ3) is 7.04. The van der Waals surface area contributed by atoms with Crippen molar-refractivity contribution in [1.29, 1.82) is 0 Å². The van der Waals surface area contributed by atoms with Crippen LogP contribution in [-0.4, -0.2) is 11.0 Å². The fraction of sp³-hybridized carbons (Fsp3) is 1.00. The standard InChI is InChI=1S/C3H7NO2.K/c1-3(2)4(5)6;/h3H,1-2H3;/q;+1. The first-order chi connectivity index (χ1) is 2.64. The number of hydrogen-bond donors (Lipinski definition) is 0. The Balaban J connectivity index is 0. The van der Waals surface area contributed by atoms with Crippen LogP contribution in [-0.2, 0) is 0 Å². The average Bonchev–Trinajstić information content (AvgIpc) is 1.36. The molecular formula is C3H7KNO2+. The van der Waals surface area contributed by atoms with Gasteiger partial charge < -0.3 is 0 Å². The van der Waals surface area contributed by atoms with Crippen molar-refractivity contribution >= 4 is 0 Å². The topological polar surface area (TPSA) is 43.1 Å². The van der Waals surface area contributed by atoms with E-state index >= 15 is 0 Å². The molecule has 0 spiro atoms. The minimum absolute atomic E-state index is 0. The van der Waals surface area contributed by atoms with Gasteiger partial charge in [-0.15, -0.1) is 0 Å². The Kier molecular flexibility index (Phi) is 8.08. The summed E-state index contributed by atoms with van der Waals surface area (Å²) in [5, 5.41) is 9.50. The normalized spacial score (nSPS) is 7.86. The third-order valence-electron chi connectivity index (χ3n) is 0.422. The SMILES string of the molecule is CC(C)[N+](=O)[O-].[K+]. The molecule has 4 heteroatoms. The molecule has 0 aromatic heterocycles. The fourth-order valence-corrected chi connectivity index (χ4v) is 0. The van der Waals surface area contributed by atoms with Crippen molar-refractivity contribution in [1.82, 2.24) is 0 Å². The Morgan fingerprint density at radius 2 is 1.71 bits per heavy atom. The zero-order valence-electron chi connectivity index (χ0n) is 4.84.